The molecule has 0 saturated carbocycles. The van der Waals surface area contributed by atoms with Crippen molar-refractivity contribution in [1.29, 1.82) is 0 Å². The molecule has 0 aromatic heterocycles. The molecule has 0 aromatic carbocycles. The summed E-state index contributed by atoms with van der Waals surface area (Å²) in [7, 11) is 3.07. The highest BCUT2D eigenvalue weighted by atomic mass is 16.2. The maximum absolute atomic E-state index is 10.6. The van der Waals surface area contributed by atoms with Crippen LogP contribution in [0.4, 0.5) is 4.79 Å². The lowest BCUT2D eigenvalue weighted by molar-refractivity contribution is -0.108. The van der Waals surface area contributed by atoms with Gasteiger partial charge in [-0.1, -0.05) is 0 Å². The minimum atomic E-state index is -0.248. The van der Waals surface area contributed by atoms with E-state index >= 15 is 0 Å². The van der Waals surface area contributed by atoms with Crippen molar-refractivity contribution in [2.75, 3.05) is 20.6 Å². The lowest BCUT2D eigenvalue weighted by Gasteiger charge is -2.11. The van der Waals surface area contributed by atoms with Gasteiger partial charge in [0.2, 0.25) is 0 Å². The van der Waals surface area contributed by atoms with E-state index < -0.39 is 0 Å². The van der Waals surface area contributed by atoms with E-state index in [1.165, 1.54) is 11.9 Å². The molecular weight excluding hydrogens is 120 g/mol. The molecule has 0 heterocycles. The van der Waals surface area contributed by atoms with Gasteiger partial charge in [0.05, 0.1) is 6.54 Å². The maximum atomic E-state index is 10.6. The standard InChI is InChI=1S/C5H10N2O2/c1-6-5(9)7(2)3-4-8/h4H,3H2,1-2H3,(H,6,9). The second kappa shape index (κ2) is 3.88. The molecule has 0 unspecified atom stereocenters. The van der Waals surface area contributed by atoms with Gasteiger partial charge in [0, 0.05) is 14.1 Å². The van der Waals surface area contributed by atoms with Crippen LogP contribution >= 0.6 is 0 Å². The molecular formula is C5H10N2O2. The van der Waals surface area contributed by atoms with Crippen LogP contribution < -0.4 is 5.32 Å². The van der Waals surface area contributed by atoms with Gasteiger partial charge in [-0.2, -0.15) is 0 Å². The predicted molar refractivity (Wildman–Crippen MR) is 33.1 cm³/mol. The van der Waals surface area contributed by atoms with Gasteiger partial charge in [-0.15, -0.1) is 0 Å². The number of urea groups is 1. The van der Waals surface area contributed by atoms with E-state index in [1.807, 2.05) is 0 Å². The molecule has 0 radical (unpaired) electrons. The SMILES string of the molecule is CNC(=O)N(C)CC=O. The zero-order valence-corrected chi connectivity index (χ0v) is 5.55. The average Bonchev–Trinajstić information content (AvgIpc) is 1.87. The Morgan fingerprint density at radius 1 is 1.78 bits per heavy atom. The third kappa shape index (κ3) is 2.69. The highest BCUT2D eigenvalue weighted by Gasteiger charge is 2.01. The number of rotatable bonds is 2. The van der Waals surface area contributed by atoms with E-state index in [1.54, 1.807) is 7.05 Å². The number of nitrogens with one attached hydrogen (secondary N) is 1. The molecule has 0 atom stereocenters. The van der Waals surface area contributed by atoms with E-state index in [4.69, 9.17) is 0 Å². The van der Waals surface area contributed by atoms with Crippen molar-refractivity contribution in [3.05, 3.63) is 0 Å². The van der Waals surface area contributed by atoms with Crippen molar-refractivity contribution in [3.8, 4) is 0 Å². The fraction of sp³-hybridized carbons (Fsp3) is 0.600. The summed E-state index contributed by atoms with van der Waals surface area (Å²) in [6.07, 6.45) is 0.676. The van der Waals surface area contributed by atoms with Crippen molar-refractivity contribution < 1.29 is 9.59 Å². The molecule has 0 aliphatic carbocycles. The first kappa shape index (κ1) is 7.94. The summed E-state index contributed by atoms with van der Waals surface area (Å²) in [6, 6.07) is -0.248. The van der Waals surface area contributed by atoms with Gasteiger partial charge in [0.1, 0.15) is 6.29 Å². The molecule has 0 aliphatic rings. The minimum absolute atomic E-state index is 0.139. The number of hydrogen-bond donors (Lipinski definition) is 1. The van der Waals surface area contributed by atoms with Crippen molar-refractivity contribution in [2.24, 2.45) is 0 Å². The summed E-state index contributed by atoms with van der Waals surface area (Å²) in [5, 5.41) is 2.38. The zero-order chi connectivity index (χ0) is 7.28. The van der Waals surface area contributed by atoms with Crippen LogP contribution in [0, 0.1) is 0 Å². The molecule has 0 rings (SSSR count). The van der Waals surface area contributed by atoms with Gasteiger partial charge in [-0.3, -0.25) is 0 Å². The molecule has 2 amide bonds. The lowest BCUT2D eigenvalue weighted by Crippen LogP contribution is -2.35. The van der Waals surface area contributed by atoms with Crippen molar-refractivity contribution >= 4 is 12.3 Å². The Labute approximate surface area is 53.8 Å². The molecule has 4 heteroatoms. The van der Waals surface area contributed by atoms with Crippen LogP contribution in [0.15, 0.2) is 0 Å². The number of amides is 2. The first-order chi connectivity index (χ1) is 4.22. The highest BCUT2D eigenvalue weighted by molar-refractivity contribution is 5.75. The normalized spacial score (nSPS) is 8.22. The number of hydrogen-bond acceptors (Lipinski definition) is 2. The largest absolute Gasteiger partial charge is 0.341 e. The summed E-state index contributed by atoms with van der Waals surface area (Å²) in [5.41, 5.74) is 0. The Morgan fingerprint density at radius 2 is 2.33 bits per heavy atom. The Hall–Kier alpha value is -1.06. The molecule has 0 fully saturated rings. The second-order valence-corrected chi connectivity index (χ2v) is 1.60. The van der Waals surface area contributed by atoms with E-state index in [0.29, 0.717) is 6.29 Å². The molecule has 0 aromatic rings. The molecule has 0 aliphatic heterocycles. The number of carbonyl (C=O) groups is 2. The van der Waals surface area contributed by atoms with Crippen molar-refractivity contribution in [1.82, 2.24) is 10.2 Å². The fourth-order valence-corrected chi connectivity index (χ4v) is 0.386. The third-order valence-electron chi connectivity index (χ3n) is 0.909. The van der Waals surface area contributed by atoms with Gasteiger partial charge in [0.25, 0.3) is 0 Å². The van der Waals surface area contributed by atoms with Crippen LogP contribution in [-0.2, 0) is 4.79 Å². The summed E-state index contributed by atoms with van der Waals surface area (Å²) >= 11 is 0. The highest BCUT2D eigenvalue weighted by Crippen LogP contribution is 1.77. The van der Waals surface area contributed by atoms with E-state index in [-0.39, 0.29) is 12.6 Å². The van der Waals surface area contributed by atoms with Crippen LogP contribution in [0.2, 0.25) is 0 Å². The van der Waals surface area contributed by atoms with Gasteiger partial charge in [0.15, 0.2) is 0 Å². The average molecular weight is 130 g/mol. The van der Waals surface area contributed by atoms with Crippen molar-refractivity contribution in [2.45, 2.75) is 0 Å². The van der Waals surface area contributed by atoms with E-state index in [2.05, 4.69) is 5.32 Å². The predicted octanol–water partition coefficient (Wildman–Crippen LogP) is -0.544. The molecule has 1 N–H and O–H groups in total. The van der Waals surface area contributed by atoms with Crippen LogP contribution in [0.1, 0.15) is 0 Å². The monoisotopic (exact) mass is 130 g/mol. The molecule has 0 bridgehead atoms. The lowest BCUT2D eigenvalue weighted by atomic mass is 10.6. The maximum Gasteiger partial charge on any atom is 0.317 e. The summed E-state index contributed by atoms with van der Waals surface area (Å²) in [4.78, 5) is 21.7. The Morgan fingerprint density at radius 3 is 2.67 bits per heavy atom. The van der Waals surface area contributed by atoms with Gasteiger partial charge in [-0.05, 0) is 0 Å². The number of nitrogens with zero attached hydrogens (tertiary/aromatic N) is 1. The van der Waals surface area contributed by atoms with Crippen molar-refractivity contribution in [3.63, 3.8) is 0 Å². The Balaban J connectivity index is 3.58. The van der Waals surface area contributed by atoms with Gasteiger partial charge >= 0.3 is 6.03 Å². The quantitative estimate of drug-likeness (QED) is 0.510. The zero-order valence-electron chi connectivity index (χ0n) is 5.55. The number of aldehydes is 1. The fourth-order valence-electron chi connectivity index (χ4n) is 0.386. The molecule has 0 spiro atoms. The Bertz CT molecular complexity index is 114. The van der Waals surface area contributed by atoms with E-state index in [9.17, 15) is 9.59 Å². The third-order valence-corrected chi connectivity index (χ3v) is 0.909. The van der Waals surface area contributed by atoms with Gasteiger partial charge in [-0.25, -0.2) is 4.79 Å². The first-order valence-corrected chi connectivity index (χ1v) is 2.59. The molecule has 9 heavy (non-hydrogen) atoms. The van der Waals surface area contributed by atoms with Crippen LogP contribution in [0.5, 0.6) is 0 Å². The minimum Gasteiger partial charge on any atom is -0.341 e. The van der Waals surface area contributed by atoms with Crippen LogP contribution in [0.25, 0.3) is 0 Å². The molecule has 52 valence electrons. The number of likely N-dealkylation sites (N-methyl/N-ethyl adjacent to an activating group) is 1. The molecule has 0 saturated heterocycles. The smallest absolute Gasteiger partial charge is 0.317 e. The second-order valence-electron chi connectivity index (χ2n) is 1.60. The Kier molecular flexibility index (Phi) is 3.43. The van der Waals surface area contributed by atoms with E-state index in [0.717, 1.165) is 0 Å². The van der Waals surface area contributed by atoms with Crippen LogP contribution in [-0.4, -0.2) is 37.9 Å². The summed E-state index contributed by atoms with van der Waals surface area (Å²) in [5.74, 6) is 0. The topological polar surface area (TPSA) is 49.4 Å². The summed E-state index contributed by atoms with van der Waals surface area (Å²) in [6.45, 7) is 0.139. The molecule has 4 nitrogen and oxygen atoms in total. The van der Waals surface area contributed by atoms with Crippen LogP contribution in [0.3, 0.4) is 0 Å². The van der Waals surface area contributed by atoms with Gasteiger partial charge < -0.3 is 15.0 Å². The number of carbonyl (C=O) groups excluding carboxylic acids is 2. The summed E-state index contributed by atoms with van der Waals surface area (Å²) < 4.78 is 0. The first-order valence-electron chi connectivity index (χ1n) is 2.59.